The molecule has 0 saturated heterocycles. The number of nitrogen functional groups attached to an aromatic ring is 1. The average Bonchev–Trinajstić information content (AvgIpc) is 2.87. The Morgan fingerprint density at radius 1 is 1.48 bits per heavy atom. The molecule has 0 radical (unpaired) electrons. The SMILES string of the molecule is CCC=O.COCCOCn1cnc2c(=O)[nH]c(N)nc21. The molecule has 0 bridgehead atoms. The zero-order valence-electron chi connectivity index (χ0n) is 12.0. The van der Waals surface area contributed by atoms with Gasteiger partial charge in [0.05, 0.1) is 19.5 Å². The number of carbonyl (C=O) groups is 1. The number of nitrogens with zero attached hydrogens (tertiary/aromatic N) is 3. The van der Waals surface area contributed by atoms with E-state index in [0.717, 1.165) is 6.29 Å². The number of nitrogens with one attached hydrogen (secondary N) is 1. The lowest BCUT2D eigenvalue weighted by atomic mass is 10.5. The lowest BCUT2D eigenvalue weighted by Crippen LogP contribution is -2.13. The van der Waals surface area contributed by atoms with Gasteiger partial charge in [-0.05, 0) is 0 Å². The van der Waals surface area contributed by atoms with Gasteiger partial charge < -0.3 is 20.0 Å². The molecule has 0 unspecified atom stereocenters. The highest BCUT2D eigenvalue weighted by atomic mass is 16.5. The molecule has 0 saturated carbocycles. The Labute approximate surface area is 121 Å². The van der Waals surface area contributed by atoms with Crippen LogP contribution in [0.15, 0.2) is 11.1 Å². The number of nitrogens with two attached hydrogens (primary N) is 1. The van der Waals surface area contributed by atoms with E-state index in [1.165, 1.54) is 6.33 Å². The van der Waals surface area contributed by atoms with Crippen molar-refractivity contribution >= 4 is 23.4 Å². The first-order chi connectivity index (χ1) is 10.1. The second kappa shape index (κ2) is 8.82. The monoisotopic (exact) mass is 297 g/mol. The fourth-order valence-corrected chi connectivity index (χ4v) is 1.37. The quantitative estimate of drug-likeness (QED) is 0.564. The largest absolute Gasteiger partial charge is 0.382 e. The van der Waals surface area contributed by atoms with Gasteiger partial charge in [0, 0.05) is 13.5 Å². The second-order valence-corrected chi connectivity index (χ2v) is 3.94. The van der Waals surface area contributed by atoms with Crippen LogP contribution in [0.3, 0.4) is 0 Å². The Kier molecular flexibility index (Phi) is 7.05. The zero-order chi connectivity index (χ0) is 15.7. The molecule has 2 aromatic heterocycles. The summed E-state index contributed by atoms with van der Waals surface area (Å²) in [6.07, 6.45) is 3.00. The number of methoxy groups -OCH3 is 1. The topological polar surface area (TPSA) is 125 Å². The van der Waals surface area contributed by atoms with E-state index in [1.54, 1.807) is 11.7 Å². The van der Waals surface area contributed by atoms with Gasteiger partial charge in [0.15, 0.2) is 11.2 Å². The first-order valence-electron chi connectivity index (χ1n) is 6.35. The Balaban J connectivity index is 0.000000491. The molecule has 21 heavy (non-hydrogen) atoms. The molecule has 116 valence electrons. The van der Waals surface area contributed by atoms with Gasteiger partial charge in [-0.2, -0.15) is 4.98 Å². The van der Waals surface area contributed by atoms with Crippen LogP contribution in [0.1, 0.15) is 13.3 Å². The molecule has 0 spiro atoms. The van der Waals surface area contributed by atoms with E-state index < -0.39 is 0 Å². The molecular formula is C12H19N5O4. The highest BCUT2D eigenvalue weighted by molar-refractivity contribution is 5.70. The molecule has 0 aliphatic rings. The third-order valence-electron chi connectivity index (χ3n) is 2.32. The summed E-state index contributed by atoms with van der Waals surface area (Å²) in [5.41, 5.74) is 5.75. The van der Waals surface area contributed by atoms with Crippen LogP contribution >= 0.6 is 0 Å². The summed E-state index contributed by atoms with van der Waals surface area (Å²) >= 11 is 0. The van der Waals surface area contributed by atoms with Gasteiger partial charge in [-0.3, -0.25) is 14.3 Å². The van der Waals surface area contributed by atoms with Gasteiger partial charge in [0.2, 0.25) is 5.95 Å². The van der Waals surface area contributed by atoms with Crippen LogP contribution in [0, 0.1) is 0 Å². The predicted octanol–water partition coefficient (Wildman–Crippen LogP) is -0.0824. The van der Waals surface area contributed by atoms with Gasteiger partial charge in [0.1, 0.15) is 13.0 Å². The van der Waals surface area contributed by atoms with Crippen LogP contribution in [-0.2, 0) is 21.0 Å². The maximum absolute atomic E-state index is 11.5. The highest BCUT2D eigenvalue weighted by Crippen LogP contribution is 2.06. The van der Waals surface area contributed by atoms with Crippen molar-refractivity contribution in [2.75, 3.05) is 26.1 Å². The summed E-state index contributed by atoms with van der Waals surface area (Å²) in [4.78, 5) is 31.0. The molecular weight excluding hydrogens is 278 g/mol. The van der Waals surface area contributed by atoms with E-state index in [0.29, 0.717) is 25.3 Å². The molecule has 0 atom stereocenters. The van der Waals surface area contributed by atoms with Crippen LogP contribution in [0.4, 0.5) is 5.95 Å². The van der Waals surface area contributed by atoms with E-state index in [2.05, 4.69) is 15.0 Å². The van der Waals surface area contributed by atoms with Crippen molar-refractivity contribution in [3.05, 3.63) is 16.7 Å². The summed E-state index contributed by atoms with van der Waals surface area (Å²) in [7, 11) is 1.60. The van der Waals surface area contributed by atoms with Crippen LogP contribution in [-0.4, -0.2) is 46.1 Å². The number of carbonyl (C=O) groups excluding carboxylic acids is 1. The Morgan fingerprint density at radius 3 is 2.81 bits per heavy atom. The van der Waals surface area contributed by atoms with Gasteiger partial charge in [0.25, 0.3) is 5.56 Å². The van der Waals surface area contributed by atoms with Crippen molar-refractivity contribution in [1.82, 2.24) is 19.5 Å². The lowest BCUT2D eigenvalue weighted by Gasteiger charge is -2.04. The van der Waals surface area contributed by atoms with Crippen molar-refractivity contribution in [2.24, 2.45) is 0 Å². The molecule has 0 fully saturated rings. The van der Waals surface area contributed by atoms with Crippen molar-refractivity contribution in [2.45, 2.75) is 20.1 Å². The van der Waals surface area contributed by atoms with Gasteiger partial charge >= 0.3 is 0 Å². The first-order valence-corrected chi connectivity index (χ1v) is 6.35. The van der Waals surface area contributed by atoms with Crippen LogP contribution < -0.4 is 11.3 Å². The van der Waals surface area contributed by atoms with Crippen molar-refractivity contribution in [1.29, 1.82) is 0 Å². The zero-order valence-corrected chi connectivity index (χ0v) is 12.0. The fraction of sp³-hybridized carbons (Fsp3) is 0.500. The number of imidazole rings is 1. The molecule has 2 heterocycles. The van der Waals surface area contributed by atoms with E-state index >= 15 is 0 Å². The molecule has 9 heteroatoms. The Hall–Kier alpha value is -2.26. The maximum atomic E-state index is 11.5. The van der Waals surface area contributed by atoms with Gasteiger partial charge in [-0.25, -0.2) is 4.98 Å². The first kappa shape index (κ1) is 16.8. The third-order valence-corrected chi connectivity index (χ3v) is 2.32. The summed E-state index contributed by atoms with van der Waals surface area (Å²) < 4.78 is 11.8. The average molecular weight is 297 g/mol. The van der Waals surface area contributed by atoms with Crippen molar-refractivity contribution in [3.63, 3.8) is 0 Å². The van der Waals surface area contributed by atoms with Gasteiger partial charge in [-0.1, -0.05) is 6.92 Å². The number of fused-ring (bicyclic) bond motifs is 1. The van der Waals surface area contributed by atoms with E-state index in [-0.39, 0.29) is 23.8 Å². The standard InChI is InChI=1S/C9H13N5O3.C3H6O/c1-16-2-3-17-5-14-4-11-6-7(14)12-9(10)13-8(6)15;1-2-3-4/h4H,2-3,5H2,1H3,(H3,10,12,13,15);3H,2H2,1H3. The van der Waals surface area contributed by atoms with E-state index in [1.807, 2.05) is 6.92 Å². The molecule has 3 N–H and O–H groups in total. The minimum Gasteiger partial charge on any atom is -0.382 e. The molecule has 0 amide bonds. The van der Waals surface area contributed by atoms with Crippen molar-refractivity contribution in [3.8, 4) is 0 Å². The molecule has 2 rings (SSSR count). The normalized spacial score (nSPS) is 10.2. The van der Waals surface area contributed by atoms with E-state index in [9.17, 15) is 9.59 Å². The number of hydrogen-bond acceptors (Lipinski definition) is 7. The minimum atomic E-state index is -0.358. The molecule has 0 aromatic carbocycles. The number of aldehydes is 1. The van der Waals surface area contributed by atoms with Crippen LogP contribution in [0.2, 0.25) is 0 Å². The van der Waals surface area contributed by atoms with Crippen molar-refractivity contribution < 1.29 is 14.3 Å². The Morgan fingerprint density at radius 2 is 2.19 bits per heavy atom. The number of rotatable bonds is 6. The number of ether oxygens (including phenoxy) is 2. The number of H-pyrrole nitrogens is 1. The number of anilines is 1. The molecule has 9 nitrogen and oxygen atoms in total. The molecule has 2 aromatic rings. The predicted molar refractivity (Wildman–Crippen MR) is 76.7 cm³/mol. The fourth-order valence-electron chi connectivity index (χ4n) is 1.37. The minimum absolute atomic E-state index is 0.0566. The summed E-state index contributed by atoms with van der Waals surface area (Å²) in [6, 6.07) is 0. The molecule has 0 aliphatic heterocycles. The van der Waals surface area contributed by atoms with Crippen LogP contribution in [0.5, 0.6) is 0 Å². The third kappa shape index (κ3) is 4.97. The number of aromatic amines is 1. The number of aromatic nitrogens is 4. The van der Waals surface area contributed by atoms with Gasteiger partial charge in [-0.15, -0.1) is 0 Å². The smallest absolute Gasteiger partial charge is 0.280 e. The van der Waals surface area contributed by atoms with Crippen LogP contribution in [0.25, 0.3) is 11.2 Å². The summed E-state index contributed by atoms with van der Waals surface area (Å²) in [5.74, 6) is 0.0566. The number of hydrogen-bond donors (Lipinski definition) is 2. The summed E-state index contributed by atoms with van der Waals surface area (Å²) in [5, 5.41) is 0. The summed E-state index contributed by atoms with van der Waals surface area (Å²) in [6.45, 7) is 3.01. The molecule has 0 aliphatic carbocycles. The Bertz CT molecular complexity index is 622. The second-order valence-electron chi connectivity index (χ2n) is 3.94. The lowest BCUT2D eigenvalue weighted by molar-refractivity contribution is -0.107. The highest BCUT2D eigenvalue weighted by Gasteiger charge is 2.08. The van der Waals surface area contributed by atoms with E-state index in [4.69, 9.17) is 15.2 Å². The maximum Gasteiger partial charge on any atom is 0.280 e.